The molecule has 24 heavy (non-hydrogen) atoms. The van der Waals surface area contributed by atoms with Gasteiger partial charge in [0.05, 0.1) is 7.11 Å². The van der Waals surface area contributed by atoms with Gasteiger partial charge in [-0.2, -0.15) is 0 Å². The van der Waals surface area contributed by atoms with Crippen LogP contribution in [0.15, 0.2) is 24.3 Å². The van der Waals surface area contributed by atoms with Crippen LogP contribution in [0.3, 0.4) is 0 Å². The van der Waals surface area contributed by atoms with Crippen molar-refractivity contribution in [3.05, 3.63) is 29.8 Å². The number of rotatable bonds is 7. The van der Waals surface area contributed by atoms with Crippen LogP contribution in [0.1, 0.15) is 36.0 Å². The average Bonchev–Trinajstić information content (AvgIpc) is 2.56. The fourth-order valence-corrected chi connectivity index (χ4v) is 1.77. The minimum Gasteiger partial charge on any atom is -0.469 e. The van der Waals surface area contributed by atoms with Gasteiger partial charge in [-0.3, -0.25) is 19.8 Å². The number of unbranched alkanes of at least 4 members (excludes halogenated alkanes) is 1. The van der Waals surface area contributed by atoms with Gasteiger partial charge < -0.3 is 15.2 Å². The zero-order chi connectivity index (χ0) is 17.9. The number of carboxylic acid groups (broad SMARTS) is 1. The Hall–Kier alpha value is -3.10. The van der Waals surface area contributed by atoms with Crippen molar-refractivity contribution in [1.82, 2.24) is 10.9 Å². The molecule has 9 heteroatoms. The summed E-state index contributed by atoms with van der Waals surface area (Å²) in [5.74, 6) is -1.12. The second-order valence-electron chi connectivity index (χ2n) is 4.79. The summed E-state index contributed by atoms with van der Waals surface area (Å²) in [6, 6.07) is 5.96. The first-order valence-corrected chi connectivity index (χ1v) is 7.18. The molecule has 9 nitrogen and oxygen atoms in total. The summed E-state index contributed by atoms with van der Waals surface area (Å²) in [5.41, 5.74) is 4.48. The van der Waals surface area contributed by atoms with Crippen LogP contribution in [0, 0.1) is 0 Å². The van der Waals surface area contributed by atoms with E-state index in [1.165, 1.54) is 31.4 Å². The summed E-state index contributed by atoms with van der Waals surface area (Å²) in [4.78, 5) is 44.5. The molecule has 0 aliphatic rings. The monoisotopic (exact) mass is 337 g/mol. The van der Waals surface area contributed by atoms with Crippen LogP contribution in [0.5, 0.6) is 0 Å². The molecule has 0 aliphatic carbocycles. The predicted molar refractivity (Wildman–Crippen MR) is 84.2 cm³/mol. The molecule has 130 valence electrons. The average molecular weight is 337 g/mol. The van der Waals surface area contributed by atoms with E-state index in [2.05, 4.69) is 10.1 Å². The second-order valence-corrected chi connectivity index (χ2v) is 4.79. The molecule has 1 rings (SSSR count). The number of hydrazine groups is 1. The van der Waals surface area contributed by atoms with E-state index in [0.29, 0.717) is 18.5 Å². The highest BCUT2D eigenvalue weighted by Gasteiger charge is 2.08. The van der Waals surface area contributed by atoms with Crippen molar-refractivity contribution in [3.63, 3.8) is 0 Å². The Morgan fingerprint density at radius 1 is 1.00 bits per heavy atom. The fraction of sp³-hybridized carbons (Fsp3) is 0.333. The van der Waals surface area contributed by atoms with E-state index in [9.17, 15) is 19.2 Å². The number of ether oxygens (including phenoxy) is 1. The Morgan fingerprint density at radius 2 is 1.62 bits per heavy atom. The van der Waals surface area contributed by atoms with Gasteiger partial charge in [-0.1, -0.05) is 0 Å². The maximum Gasteiger partial charge on any atom is 0.423 e. The van der Waals surface area contributed by atoms with Crippen LogP contribution in [0.25, 0.3) is 0 Å². The third kappa shape index (κ3) is 7.25. The first kappa shape index (κ1) is 18.9. The molecule has 1 aromatic rings. The Kier molecular flexibility index (Phi) is 7.76. The molecule has 0 unspecified atom stereocenters. The van der Waals surface area contributed by atoms with Crippen LogP contribution in [-0.2, 0) is 14.3 Å². The number of methoxy groups -OCH3 is 1. The quantitative estimate of drug-likeness (QED) is 0.336. The Morgan fingerprint density at radius 3 is 2.21 bits per heavy atom. The van der Waals surface area contributed by atoms with E-state index >= 15 is 0 Å². The topological polar surface area (TPSA) is 134 Å². The van der Waals surface area contributed by atoms with Crippen LogP contribution >= 0.6 is 0 Å². The van der Waals surface area contributed by atoms with Gasteiger partial charge in [0.1, 0.15) is 0 Å². The Labute approximate surface area is 138 Å². The molecule has 0 aromatic heterocycles. The zero-order valence-electron chi connectivity index (χ0n) is 13.1. The minimum atomic E-state index is -1.38. The van der Waals surface area contributed by atoms with E-state index in [1.54, 1.807) is 5.43 Å². The molecule has 0 heterocycles. The van der Waals surface area contributed by atoms with E-state index < -0.39 is 12.0 Å². The van der Waals surface area contributed by atoms with Crippen LogP contribution < -0.4 is 16.2 Å². The van der Waals surface area contributed by atoms with Crippen molar-refractivity contribution in [2.45, 2.75) is 25.7 Å². The number of amides is 3. The Bertz CT molecular complexity index is 600. The molecule has 0 aliphatic heterocycles. The molecule has 1 aromatic carbocycles. The van der Waals surface area contributed by atoms with Gasteiger partial charge >= 0.3 is 12.1 Å². The molecular formula is C15H19N3O6. The minimum absolute atomic E-state index is 0.204. The van der Waals surface area contributed by atoms with Crippen molar-refractivity contribution in [3.8, 4) is 0 Å². The van der Waals surface area contributed by atoms with E-state index in [4.69, 9.17) is 5.11 Å². The summed E-state index contributed by atoms with van der Waals surface area (Å²) in [5, 5.41) is 11.1. The predicted octanol–water partition coefficient (Wildman–Crippen LogP) is 1.27. The number of esters is 1. The van der Waals surface area contributed by atoms with Crippen LogP contribution in [0.2, 0.25) is 0 Å². The van der Waals surface area contributed by atoms with Gasteiger partial charge in [0, 0.05) is 24.1 Å². The molecule has 0 saturated carbocycles. The fourth-order valence-electron chi connectivity index (χ4n) is 1.77. The summed E-state index contributed by atoms with van der Waals surface area (Å²) in [6.07, 6.45) is 0.289. The van der Waals surface area contributed by atoms with E-state index in [0.717, 1.165) is 0 Å². The maximum absolute atomic E-state index is 11.7. The standard InChI is InChI=1S/C15H19N3O6/c1-24-13(20)5-3-2-4-12(19)16-11-8-6-10(7-9-11)14(21)17-18-15(22)23/h6-9,18H,2-5H2,1H3,(H,16,19)(H,17,21)(H,22,23). The number of hydrogen-bond acceptors (Lipinski definition) is 5. The first-order chi connectivity index (χ1) is 11.4. The summed E-state index contributed by atoms with van der Waals surface area (Å²) in [7, 11) is 1.32. The number of benzene rings is 1. The lowest BCUT2D eigenvalue weighted by molar-refractivity contribution is -0.140. The zero-order valence-corrected chi connectivity index (χ0v) is 13.1. The van der Waals surface area contributed by atoms with Gasteiger partial charge in [-0.05, 0) is 37.1 Å². The third-order valence-electron chi connectivity index (χ3n) is 2.98. The normalized spacial score (nSPS) is 9.71. The smallest absolute Gasteiger partial charge is 0.423 e. The second kappa shape index (κ2) is 9.82. The van der Waals surface area contributed by atoms with Crippen LogP contribution in [0.4, 0.5) is 10.5 Å². The maximum atomic E-state index is 11.7. The highest BCUT2D eigenvalue weighted by molar-refractivity contribution is 5.96. The third-order valence-corrected chi connectivity index (χ3v) is 2.98. The molecule has 0 bridgehead atoms. The number of hydrogen-bond donors (Lipinski definition) is 4. The molecular weight excluding hydrogens is 318 g/mol. The van der Waals surface area contributed by atoms with Gasteiger partial charge in [0.2, 0.25) is 5.91 Å². The first-order valence-electron chi connectivity index (χ1n) is 7.18. The van der Waals surface area contributed by atoms with E-state index in [-0.39, 0.29) is 30.3 Å². The van der Waals surface area contributed by atoms with E-state index in [1.807, 2.05) is 5.43 Å². The van der Waals surface area contributed by atoms with Crippen molar-refractivity contribution < 1.29 is 29.0 Å². The van der Waals surface area contributed by atoms with Crippen molar-refractivity contribution in [2.75, 3.05) is 12.4 Å². The number of anilines is 1. The largest absolute Gasteiger partial charge is 0.469 e. The van der Waals surface area contributed by atoms with Gasteiger partial charge in [0.15, 0.2) is 0 Å². The summed E-state index contributed by atoms with van der Waals surface area (Å²) >= 11 is 0. The van der Waals surface area contributed by atoms with Gasteiger partial charge in [0.25, 0.3) is 5.91 Å². The lowest BCUT2D eigenvalue weighted by Crippen LogP contribution is -2.40. The molecule has 0 radical (unpaired) electrons. The highest BCUT2D eigenvalue weighted by atomic mass is 16.5. The van der Waals surface area contributed by atoms with Crippen LogP contribution in [-0.4, -0.2) is 36.1 Å². The molecule has 4 N–H and O–H groups in total. The lowest BCUT2D eigenvalue weighted by Gasteiger charge is -2.07. The molecule has 0 spiro atoms. The Balaban J connectivity index is 2.38. The molecule has 0 atom stereocenters. The summed E-state index contributed by atoms with van der Waals surface area (Å²) < 4.78 is 4.50. The highest BCUT2D eigenvalue weighted by Crippen LogP contribution is 2.11. The van der Waals surface area contributed by atoms with Crippen molar-refractivity contribution in [2.24, 2.45) is 0 Å². The summed E-state index contributed by atoms with van der Waals surface area (Å²) in [6.45, 7) is 0. The molecule has 3 amide bonds. The number of carbonyl (C=O) groups excluding carboxylic acids is 3. The van der Waals surface area contributed by atoms with Crippen molar-refractivity contribution >= 4 is 29.6 Å². The van der Waals surface area contributed by atoms with Crippen molar-refractivity contribution in [1.29, 1.82) is 0 Å². The SMILES string of the molecule is COC(=O)CCCCC(=O)Nc1ccc(C(=O)NNC(=O)O)cc1. The van der Waals surface area contributed by atoms with Gasteiger partial charge in [-0.25, -0.2) is 10.2 Å². The molecule has 0 fully saturated rings. The number of carbonyl (C=O) groups is 4. The van der Waals surface area contributed by atoms with Gasteiger partial charge in [-0.15, -0.1) is 0 Å². The lowest BCUT2D eigenvalue weighted by atomic mass is 10.1. The molecule has 0 saturated heterocycles. The number of nitrogens with one attached hydrogen (secondary N) is 3.